The lowest BCUT2D eigenvalue weighted by atomic mass is 10.1. The molecule has 2 heterocycles. The number of rotatable bonds is 4. The Morgan fingerprint density at radius 3 is 2.31 bits per heavy atom. The maximum Gasteiger partial charge on any atom is 0.435 e. The fourth-order valence-electron chi connectivity index (χ4n) is 2.81. The average Bonchev–Trinajstić information content (AvgIpc) is 3.14. The Morgan fingerprint density at radius 1 is 1.03 bits per heavy atom. The number of hydrogen-bond donors (Lipinski definition) is 2. The third-order valence-electron chi connectivity index (χ3n) is 4.23. The molecule has 0 aliphatic heterocycles. The Kier molecular flexibility index (Phi) is 6.68. The molecule has 0 bridgehead atoms. The van der Waals surface area contributed by atoms with Gasteiger partial charge >= 0.3 is 6.18 Å². The molecular formula is C19H13Cl3F3N5O2. The van der Waals surface area contributed by atoms with E-state index in [9.17, 15) is 22.8 Å². The number of benzene rings is 1. The largest absolute Gasteiger partial charge is 0.435 e. The quantitative estimate of drug-likeness (QED) is 0.511. The molecule has 0 atom stereocenters. The van der Waals surface area contributed by atoms with Crippen molar-refractivity contribution in [3.05, 3.63) is 68.0 Å². The van der Waals surface area contributed by atoms with Gasteiger partial charge in [-0.05, 0) is 30.7 Å². The molecule has 0 saturated heterocycles. The topological polar surface area (TPSA) is 88.9 Å². The van der Waals surface area contributed by atoms with E-state index in [1.165, 1.54) is 25.2 Å². The van der Waals surface area contributed by atoms with Crippen LogP contribution in [0, 0.1) is 6.92 Å². The number of hydrogen-bond acceptors (Lipinski definition) is 4. The number of anilines is 1. The highest BCUT2D eigenvalue weighted by Crippen LogP contribution is 2.32. The fraction of sp³-hybridized carbons (Fsp3) is 0.158. The number of aromatic nitrogens is 3. The van der Waals surface area contributed by atoms with Crippen LogP contribution in [0.4, 0.5) is 18.9 Å². The van der Waals surface area contributed by atoms with Crippen molar-refractivity contribution < 1.29 is 22.8 Å². The third kappa shape index (κ3) is 4.82. The molecule has 0 aliphatic rings. The number of nitrogens with one attached hydrogen (secondary N) is 2. The molecule has 3 rings (SSSR count). The molecule has 168 valence electrons. The molecule has 2 N–H and O–H groups in total. The van der Waals surface area contributed by atoms with Crippen LogP contribution in [0.1, 0.15) is 32.1 Å². The van der Waals surface area contributed by atoms with E-state index >= 15 is 0 Å². The van der Waals surface area contributed by atoms with Crippen molar-refractivity contribution >= 4 is 52.3 Å². The molecule has 0 spiro atoms. The second-order valence-corrected chi connectivity index (χ2v) is 7.74. The van der Waals surface area contributed by atoms with Crippen molar-refractivity contribution in [3.63, 3.8) is 0 Å². The zero-order valence-corrected chi connectivity index (χ0v) is 18.6. The minimum atomic E-state index is -4.84. The number of nitrogens with zero attached hydrogens (tertiary/aromatic N) is 3. The van der Waals surface area contributed by atoms with E-state index < -0.39 is 29.4 Å². The summed E-state index contributed by atoms with van der Waals surface area (Å²) in [5.74, 6) is -1.79. The van der Waals surface area contributed by atoms with Gasteiger partial charge in [0.05, 0.1) is 21.3 Å². The minimum Gasteiger partial charge on any atom is -0.355 e. The maximum absolute atomic E-state index is 13.3. The monoisotopic (exact) mass is 505 g/mol. The summed E-state index contributed by atoms with van der Waals surface area (Å²) in [4.78, 5) is 29.1. The number of pyridine rings is 1. The van der Waals surface area contributed by atoms with E-state index in [0.717, 1.165) is 6.20 Å². The van der Waals surface area contributed by atoms with Crippen LogP contribution in [0.15, 0.2) is 30.5 Å². The van der Waals surface area contributed by atoms with E-state index in [1.807, 2.05) is 0 Å². The standard InChI is InChI=1S/C19H13Cl3F3N5O2/c1-8-3-9(20)4-11(17(31)26-2)15(8)28-18(32)13-6-14(19(23,24)25)29-30(13)16-12(22)5-10(21)7-27-16/h3-7H,1-2H3,(H,26,31)(H,28,32). The van der Waals surface area contributed by atoms with E-state index in [4.69, 9.17) is 34.8 Å². The summed E-state index contributed by atoms with van der Waals surface area (Å²) < 4.78 is 40.6. The first-order valence-corrected chi connectivity index (χ1v) is 9.88. The Hall–Kier alpha value is -2.82. The van der Waals surface area contributed by atoms with Gasteiger partial charge in [0.25, 0.3) is 11.8 Å². The molecule has 0 unspecified atom stereocenters. The highest BCUT2D eigenvalue weighted by molar-refractivity contribution is 6.35. The average molecular weight is 507 g/mol. The van der Waals surface area contributed by atoms with Gasteiger partial charge in [0, 0.05) is 24.3 Å². The molecule has 0 aliphatic carbocycles. The summed E-state index contributed by atoms with van der Waals surface area (Å²) in [6.45, 7) is 1.57. The highest BCUT2D eigenvalue weighted by Gasteiger charge is 2.37. The SMILES string of the molecule is CNC(=O)c1cc(Cl)cc(C)c1NC(=O)c1cc(C(F)(F)F)nn1-c1ncc(Cl)cc1Cl. The third-order valence-corrected chi connectivity index (χ3v) is 4.94. The molecule has 2 aromatic heterocycles. The number of halogens is 6. The van der Waals surface area contributed by atoms with Crippen LogP contribution in [0.5, 0.6) is 0 Å². The summed E-state index contributed by atoms with van der Waals surface area (Å²) >= 11 is 17.9. The molecular weight excluding hydrogens is 494 g/mol. The Labute approximate surface area is 194 Å². The first-order valence-electron chi connectivity index (χ1n) is 8.74. The van der Waals surface area contributed by atoms with Crippen molar-refractivity contribution in [2.24, 2.45) is 0 Å². The van der Waals surface area contributed by atoms with E-state index in [1.54, 1.807) is 6.92 Å². The first-order chi connectivity index (χ1) is 14.9. The van der Waals surface area contributed by atoms with Crippen LogP contribution >= 0.6 is 34.8 Å². The fourth-order valence-corrected chi connectivity index (χ4v) is 3.54. The van der Waals surface area contributed by atoms with Crippen molar-refractivity contribution in [1.82, 2.24) is 20.1 Å². The number of amides is 2. The first kappa shape index (κ1) is 23.8. The van der Waals surface area contributed by atoms with Gasteiger partial charge in [-0.2, -0.15) is 18.3 Å². The molecule has 1 aromatic carbocycles. The maximum atomic E-state index is 13.3. The normalized spacial score (nSPS) is 11.4. The number of carbonyl (C=O) groups excluding carboxylic acids is 2. The lowest BCUT2D eigenvalue weighted by Crippen LogP contribution is -2.23. The van der Waals surface area contributed by atoms with Gasteiger partial charge in [0.2, 0.25) is 0 Å². The highest BCUT2D eigenvalue weighted by atomic mass is 35.5. The smallest absolute Gasteiger partial charge is 0.355 e. The summed E-state index contributed by atoms with van der Waals surface area (Å²) in [6, 6.07) is 4.60. The Morgan fingerprint density at radius 2 is 1.72 bits per heavy atom. The second-order valence-electron chi connectivity index (χ2n) is 6.46. The van der Waals surface area contributed by atoms with Gasteiger partial charge in [-0.15, -0.1) is 0 Å². The van der Waals surface area contributed by atoms with Crippen LogP contribution < -0.4 is 10.6 Å². The second kappa shape index (κ2) is 8.97. The van der Waals surface area contributed by atoms with Crippen LogP contribution in [0.2, 0.25) is 15.1 Å². The van der Waals surface area contributed by atoms with Crippen LogP contribution in [0.25, 0.3) is 5.82 Å². The van der Waals surface area contributed by atoms with Crippen LogP contribution in [0.3, 0.4) is 0 Å². The molecule has 0 fully saturated rings. The van der Waals surface area contributed by atoms with Crippen molar-refractivity contribution in [2.45, 2.75) is 13.1 Å². The van der Waals surface area contributed by atoms with E-state index in [2.05, 4.69) is 20.7 Å². The Bertz CT molecular complexity index is 1230. The summed E-state index contributed by atoms with van der Waals surface area (Å²) in [7, 11) is 1.38. The van der Waals surface area contributed by atoms with E-state index in [0.29, 0.717) is 16.3 Å². The van der Waals surface area contributed by atoms with Gasteiger partial charge in [0.15, 0.2) is 11.5 Å². The molecule has 3 aromatic rings. The van der Waals surface area contributed by atoms with Crippen molar-refractivity contribution in [3.8, 4) is 5.82 Å². The predicted octanol–water partition coefficient (Wildman–Crippen LogP) is 5.17. The zero-order valence-electron chi connectivity index (χ0n) is 16.3. The summed E-state index contributed by atoms with van der Waals surface area (Å²) in [5, 5.41) is 8.57. The molecule has 0 saturated carbocycles. The van der Waals surface area contributed by atoms with Crippen LogP contribution in [-0.4, -0.2) is 33.6 Å². The zero-order chi connectivity index (χ0) is 23.8. The van der Waals surface area contributed by atoms with E-state index in [-0.39, 0.29) is 32.1 Å². The van der Waals surface area contributed by atoms with Gasteiger partial charge in [-0.3, -0.25) is 9.59 Å². The van der Waals surface area contributed by atoms with Crippen molar-refractivity contribution in [2.75, 3.05) is 12.4 Å². The van der Waals surface area contributed by atoms with Gasteiger partial charge in [-0.1, -0.05) is 34.8 Å². The predicted molar refractivity (Wildman–Crippen MR) is 114 cm³/mol. The van der Waals surface area contributed by atoms with Crippen molar-refractivity contribution in [1.29, 1.82) is 0 Å². The molecule has 7 nitrogen and oxygen atoms in total. The minimum absolute atomic E-state index is 0.0237. The molecule has 32 heavy (non-hydrogen) atoms. The number of aryl methyl sites for hydroxylation is 1. The summed E-state index contributed by atoms with van der Waals surface area (Å²) in [5.41, 5.74) is -1.36. The lowest BCUT2D eigenvalue weighted by molar-refractivity contribution is -0.141. The Balaban J connectivity index is 2.13. The van der Waals surface area contributed by atoms with Gasteiger partial charge in [0.1, 0.15) is 5.69 Å². The molecule has 0 radical (unpaired) electrons. The van der Waals surface area contributed by atoms with Gasteiger partial charge in [-0.25, -0.2) is 9.67 Å². The lowest BCUT2D eigenvalue weighted by Gasteiger charge is -2.14. The summed E-state index contributed by atoms with van der Waals surface area (Å²) in [6.07, 6.45) is -3.70. The number of alkyl halides is 3. The van der Waals surface area contributed by atoms with Gasteiger partial charge < -0.3 is 10.6 Å². The van der Waals surface area contributed by atoms with Crippen LogP contribution in [-0.2, 0) is 6.18 Å². The molecule has 2 amide bonds. The number of carbonyl (C=O) groups is 2. The molecule has 13 heteroatoms.